The van der Waals surface area contributed by atoms with Gasteiger partial charge in [-0.1, -0.05) is 103 Å². The van der Waals surface area contributed by atoms with Gasteiger partial charge in [0.25, 0.3) is 0 Å². The molecule has 0 N–H and O–H groups in total. The number of allylic oxidation sites excluding steroid dienone is 1. The van der Waals surface area contributed by atoms with Crippen LogP contribution in [-0.4, -0.2) is 5.78 Å². The number of hydrogen-bond donors (Lipinski definition) is 0. The van der Waals surface area contributed by atoms with Crippen LogP contribution in [-0.2, 0) is 10.2 Å². The number of benzene rings is 3. The lowest BCUT2D eigenvalue weighted by atomic mass is 9.71. The second-order valence-corrected chi connectivity index (χ2v) is 6.17. The highest BCUT2D eigenvalue weighted by molar-refractivity contribution is 5.95. The fourth-order valence-corrected chi connectivity index (χ4v) is 3.11. The molecule has 3 aromatic rings. The summed E-state index contributed by atoms with van der Waals surface area (Å²) in [6, 6.07) is 29.4. The van der Waals surface area contributed by atoms with E-state index >= 15 is 0 Å². The van der Waals surface area contributed by atoms with E-state index in [1.165, 1.54) is 0 Å². The summed E-state index contributed by atoms with van der Waals surface area (Å²) in [5, 5.41) is 0. The van der Waals surface area contributed by atoms with E-state index in [0.29, 0.717) is 0 Å². The molecule has 1 heteroatoms. The number of rotatable bonds is 6. The molecule has 0 amide bonds. The Kier molecular flexibility index (Phi) is 5.46. The van der Waals surface area contributed by atoms with Crippen molar-refractivity contribution in [1.82, 2.24) is 0 Å². The molecule has 0 heterocycles. The summed E-state index contributed by atoms with van der Waals surface area (Å²) in [7, 11) is 0. The molecule has 1 nitrogen and oxygen atoms in total. The third-order valence-electron chi connectivity index (χ3n) is 4.48. The van der Waals surface area contributed by atoms with E-state index in [4.69, 9.17) is 6.42 Å². The van der Waals surface area contributed by atoms with Gasteiger partial charge in [0.2, 0.25) is 0 Å². The molecule has 0 radical (unpaired) electrons. The van der Waals surface area contributed by atoms with Crippen LogP contribution in [0.3, 0.4) is 0 Å². The molecule has 0 atom stereocenters. The second-order valence-electron chi connectivity index (χ2n) is 6.17. The van der Waals surface area contributed by atoms with Gasteiger partial charge in [-0.15, -0.1) is 6.42 Å². The fourth-order valence-electron chi connectivity index (χ4n) is 3.11. The zero-order valence-electron chi connectivity index (χ0n) is 14.5. The summed E-state index contributed by atoms with van der Waals surface area (Å²) in [6.07, 6.45) is 9.68. The smallest absolute Gasteiger partial charge is 0.157 e. The van der Waals surface area contributed by atoms with Gasteiger partial charge in [0, 0.05) is 6.42 Å². The van der Waals surface area contributed by atoms with Gasteiger partial charge in [0.15, 0.2) is 5.78 Å². The van der Waals surface area contributed by atoms with Crippen molar-refractivity contribution in [3.63, 3.8) is 0 Å². The molecule has 3 aromatic carbocycles. The Bertz CT molecular complexity index is 877. The summed E-state index contributed by atoms with van der Waals surface area (Å²) in [6.45, 7) is 0. The van der Waals surface area contributed by atoms with E-state index in [-0.39, 0.29) is 12.2 Å². The number of hydrogen-bond acceptors (Lipinski definition) is 1. The highest BCUT2D eigenvalue weighted by Crippen LogP contribution is 2.35. The average Bonchev–Trinajstić information content (AvgIpc) is 2.72. The fraction of sp³-hybridized carbons (Fsp3) is 0.0800. The van der Waals surface area contributed by atoms with Crippen LogP contribution in [0, 0.1) is 12.3 Å². The molecule has 3 rings (SSSR count). The quantitative estimate of drug-likeness (QED) is 0.442. The van der Waals surface area contributed by atoms with Crippen LogP contribution in [0.4, 0.5) is 0 Å². The molecule has 0 aromatic heterocycles. The van der Waals surface area contributed by atoms with Gasteiger partial charge in [-0.25, -0.2) is 0 Å². The second kappa shape index (κ2) is 8.14. The first-order valence-corrected chi connectivity index (χ1v) is 8.59. The number of ketones is 1. The van der Waals surface area contributed by atoms with E-state index in [9.17, 15) is 4.79 Å². The maximum absolute atomic E-state index is 12.8. The Balaban J connectivity index is 1.96. The molecule has 0 bridgehead atoms. The molecule has 0 fully saturated rings. The van der Waals surface area contributed by atoms with E-state index in [0.717, 1.165) is 16.7 Å². The number of carbonyl (C=O) groups excluding carboxylic acids is 1. The molecular weight excluding hydrogens is 316 g/mol. The SMILES string of the molecule is C#CC(CC(=O)/C=C/c1ccccc1)(c1ccccc1)c1ccccc1. The minimum atomic E-state index is -0.777. The zero-order valence-corrected chi connectivity index (χ0v) is 14.5. The molecule has 0 saturated heterocycles. The highest BCUT2D eigenvalue weighted by atomic mass is 16.1. The summed E-state index contributed by atoms with van der Waals surface area (Å²) >= 11 is 0. The zero-order chi connectivity index (χ0) is 18.2. The molecule has 0 spiro atoms. The lowest BCUT2D eigenvalue weighted by molar-refractivity contribution is -0.115. The van der Waals surface area contributed by atoms with Gasteiger partial charge in [0.1, 0.15) is 0 Å². The third-order valence-corrected chi connectivity index (χ3v) is 4.48. The summed E-state index contributed by atoms with van der Waals surface area (Å²) in [5.74, 6) is 2.92. The van der Waals surface area contributed by atoms with E-state index in [2.05, 4.69) is 5.92 Å². The Morgan fingerprint density at radius 2 is 1.27 bits per heavy atom. The van der Waals surface area contributed by atoms with Crippen LogP contribution < -0.4 is 0 Å². The first-order valence-electron chi connectivity index (χ1n) is 8.59. The Labute approximate surface area is 155 Å². The average molecular weight is 336 g/mol. The Morgan fingerprint density at radius 3 is 1.73 bits per heavy atom. The van der Waals surface area contributed by atoms with E-state index in [1.54, 1.807) is 6.08 Å². The lowest BCUT2D eigenvalue weighted by Gasteiger charge is -2.29. The van der Waals surface area contributed by atoms with Crippen LogP contribution in [0.15, 0.2) is 97.1 Å². The van der Waals surface area contributed by atoms with E-state index < -0.39 is 5.41 Å². The van der Waals surface area contributed by atoms with Gasteiger partial charge in [-0.05, 0) is 22.8 Å². The van der Waals surface area contributed by atoms with Crippen molar-refractivity contribution in [1.29, 1.82) is 0 Å². The maximum atomic E-state index is 12.8. The molecule has 0 saturated carbocycles. The minimum Gasteiger partial charge on any atom is -0.295 e. The van der Waals surface area contributed by atoms with Crippen molar-refractivity contribution < 1.29 is 4.79 Å². The van der Waals surface area contributed by atoms with Crippen molar-refractivity contribution in [3.8, 4) is 12.3 Å². The van der Waals surface area contributed by atoms with Gasteiger partial charge in [0.05, 0.1) is 5.41 Å². The van der Waals surface area contributed by atoms with Gasteiger partial charge < -0.3 is 0 Å². The lowest BCUT2D eigenvalue weighted by Crippen LogP contribution is -2.28. The van der Waals surface area contributed by atoms with Crippen molar-refractivity contribution in [2.75, 3.05) is 0 Å². The van der Waals surface area contributed by atoms with Crippen LogP contribution in [0.1, 0.15) is 23.1 Å². The van der Waals surface area contributed by atoms with Crippen molar-refractivity contribution in [3.05, 3.63) is 114 Å². The third kappa shape index (κ3) is 3.82. The van der Waals surface area contributed by atoms with Gasteiger partial charge in [-0.3, -0.25) is 4.79 Å². The molecular formula is C25H20O. The first-order chi connectivity index (χ1) is 12.7. The molecule has 0 aliphatic carbocycles. The van der Waals surface area contributed by atoms with Crippen molar-refractivity contribution >= 4 is 11.9 Å². The van der Waals surface area contributed by atoms with Crippen LogP contribution in [0.2, 0.25) is 0 Å². The molecule has 26 heavy (non-hydrogen) atoms. The standard InChI is InChI=1S/C25H20O/c1-2-25(22-14-8-4-9-15-22,23-16-10-5-11-17-23)20-24(26)19-18-21-12-6-3-7-13-21/h1,3-19H,20H2/b19-18+. The predicted molar refractivity (Wildman–Crippen MR) is 108 cm³/mol. The predicted octanol–water partition coefficient (Wildman–Crippen LogP) is 5.28. The normalized spacial score (nSPS) is 11.2. The Hall–Kier alpha value is -3.37. The molecule has 0 aliphatic rings. The van der Waals surface area contributed by atoms with E-state index in [1.807, 2.05) is 97.1 Å². The first kappa shape index (κ1) is 17.5. The minimum absolute atomic E-state index is 0.000454. The van der Waals surface area contributed by atoms with Crippen molar-refractivity contribution in [2.45, 2.75) is 11.8 Å². The Morgan fingerprint density at radius 1 is 0.808 bits per heavy atom. The van der Waals surface area contributed by atoms with Gasteiger partial charge >= 0.3 is 0 Å². The van der Waals surface area contributed by atoms with Gasteiger partial charge in [-0.2, -0.15) is 0 Å². The maximum Gasteiger partial charge on any atom is 0.157 e. The number of terminal acetylenes is 1. The largest absolute Gasteiger partial charge is 0.295 e. The summed E-state index contributed by atoms with van der Waals surface area (Å²) in [4.78, 5) is 12.8. The van der Waals surface area contributed by atoms with Crippen LogP contribution >= 0.6 is 0 Å². The monoisotopic (exact) mass is 336 g/mol. The van der Waals surface area contributed by atoms with Crippen LogP contribution in [0.5, 0.6) is 0 Å². The highest BCUT2D eigenvalue weighted by Gasteiger charge is 2.33. The van der Waals surface area contributed by atoms with Crippen molar-refractivity contribution in [2.24, 2.45) is 0 Å². The van der Waals surface area contributed by atoms with Crippen LogP contribution in [0.25, 0.3) is 6.08 Å². The number of carbonyl (C=O) groups is 1. The summed E-state index contributed by atoms with van der Waals surface area (Å²) in [5.41, 5.74) is 2.12. The summed E-state index contributed by atoms with van der Waals surface area (Å²) < 4.78 is 0. The molecule has 0 aliphatic heterocycles. The topological polar surface area (TPSA) is 17.1 Å². The molecule has 126 valence electrons. The molecule has 0 unspecified atom stereocenters.